The van der Waals surface area contributed by atoms with Crippen molar-refractivity contribution in [1.82, 2.24) is 4.90 Å². The van der Waals surface area contributed by atoms with E-state index in [1.165, 1.54) is 10.5 Å². The number of thiophene rings is 1. The number of carbonyl (C=O) groups is 1. The Morgan fingerprint density at radius 2 is 1.72 bits per heavy atom. The third-order valence-electron chi connectivity index (χ3n) is 8.09. The van der Waals surface area contributed by atoms with Crippen LogP contribution in [0.25, 0.3) is 10.8 Å². The first-order valence-corrected chi connectivity index (χ1v) is 16.6. The molecule has 0 aliphatic carbocycles. The number of ether oxygens (including phenoxy) is 6. The fourth-order valence-corrected chi connectivity index (χ4v) is 6.36. The molecule has 2 atom stereocenters. The summed E-state index contributed by atoms with van der Waals surface area (Å²) in [6.07, 6.45) is 0.638. The van der Waals surface area contributed by atoms with Crippen LogP contribution in [-0.2, 0) is 27.4 Å². The van der Waals surface area contributed by atoms with Crippen LogP contribution in [0, 0.1) is 0 Å². The predicted octanol–water partition coefficient (Wildman–Crippen LogP) is 6.03. The quantitative estimate of drug-likeness (QED) is 0.128. The fourth-order valence-electron chi connectivity index (χ4n) is 5.71. The monoisotopic (exact) mass is 648 g/mol. The average Bonchev–Trinajstić information content (AvgIpc) is 3.61. The Labute approximate surface area is 274 Å². The maximum absolute atomic E-state index is 11.8. The topological polar surface area (TPSA) is 98.8 Å². The van der Waals surface area contributed by atoms with Crippen molar-refractivity contribution in [3.05, 3.63) is 88.1 Å². The third-order valence-corrected chi connectivity index (χ3v) is 8.82. The lowest BCUT2D eigenvalue weighted by Crippen LogP contribution is -2.51. The molecule has 1 aliphatic rings. The van der Waals surface area contributed by atoms with E-state index in [1.807, 2.05) is 60.0 Å². The number of benzene rings is 3. The number of piperidine rings is 1. The van der Waals surface area contributed by atoms with Gasteiger partial charge in [0.25, 0.3) is 0 Å². The molecule has 0 spiro atoms. The summed E-state index contributed by atoms with van der Waals surface area (Å²) in [6.45, 7) is 3.84. The summed E-state index contributed by atoms with van der Waals surface area (Å²) in [5, 5.41) is 17.8. The zero-order valence-electron chi connectivity index (χ0n) is 26.5. The molecular formula is C36H42NO8S-. The van der Waals surface area contributed by atoms with E-state index in [0.717, 1.165) is 52.0 Å². The molecule has 0 bridgehead atoms. The first kappa shape index (κ1) is 33.5. The van der Waals surface area contributed by atoms with Gasteiger partial charge >= 0.3 is 0 Å². The van der Waals surface area contributed by atoms with Gasteiger partial charge in [-0.3, -0.25) is 0 Å². The molecule has 1 aromatic heterocycles. The molecule has 0 radical (unpaired) electrons. The number of methoxy groups -OCH3 is 2. The van der Waals surface area contributed by atoms with Crippen molar-refractivity contribution < 1.29 is 38.3 Å². The zero-order chi connectivity index (χ0) is 32.1. The van der Waals surface area contributed by atoms with E-state index < -0.39 is 6.09 Å². The van der Waals surface area contributed by atoms with E-state index in [0.29, 0.717) is 46.0 Å². The van der Waals surface area contributed by atoms with E-state index in [2.05, 4.69) is 11.4 Å². The van der Waals surface area contributed by atoms with Crippen LogP contribution in [0.5, 0.6) is 17.2 Å². The molecule has 4 aromatic rings. The molecule has 10 heteroatoms. The standard InChI is InChI=1S/C36H43NO8S/c1-40-15-4-18-44-34-21-27(20-32-31(34)6-3-7-33(32)41-2)24-45-35-22-37(36(38)39)14-12-30(35)28-8-10-29(11-9-28)43-17-5-16-42-23-26-13-19-46-25-26/h3,6-11,13,19-21,25,30,35H,4-5,12,14-18,22-24H2,1-2H3,(H,38,39)/p-1. The molecule has 0 N–H and O–H groups in total. The molecule has 3 aromatic carbocycles. The number of carbonyl (C=O) groups excluding carboxylic acids is 1. The van der Waals surface area contributed by atoms with Crippen LogP contribution >= 0.6 is 11.3 Å². The lowest BCUT2D eigenvalue weighted by Gasteiger charge is -2.40. The SMILES string of the molecule is COCCCOc1cc(COC2CN(C(=O)[O-])CCC2c2ccc(OCCCOCc3ccsc3)cc2)cc2c(OC)cccc12. The van der Waals surface area contributed by atoms with Gasteiger partial charge in [-0.25, -0.2) is 0 Å². The number of hydrogen-bond donors (Lipinski definition) is 0. The van der Waals surface area contributed by atoms with Crippen molar-refractivity contribution in [2.75, 3.05) is 53.7 Å². The first-order chi connectivity index (χ1) is 22.6. The number of nitrogens with zero attached hydrogens (tertiary/aromatic N) is 1. The van der Waals surface area contributed by atoms with Crippen molar-refractivity contribution in [2.45, 2.75) is 44.5 Å². The highest BCUT2D eigenvalue weighted by Gasteiger charge is 2.31. The summed E-state index contributed by atoms with van der Waals surface area (Å²) >= 11 is 1.67. The summed E-state index contributed by atoms with van der Waals surface area (Å²) in [4.78, 5) is 13.1. The Morgan fingerprint density at radius 1 is 0.891 bits per heavy atom. The van der Waals surface area contributed by atoms with Crippen molar-refractivity contribution in [3.8, 4) is 17.2 Å². The van der Waals surface area contributed by atoms with Crippen molar-refractivity contribution >= 4 is 28.2 Å². The van der Waals surface area contributed by atoms with Crippen LogP contribution in [-0.4, -0.2) is 70.8 Å². The van der Waals surface area contributed by atoms with Crippen LogP contribution in [0.15, 0.2) is 71.4 Å². The highest BCUT2D eigenvalue weighted by Crippen LogP contribution is 2.36. The van der Waals surface area contributed by atoms with Crippen LogP contribution in [0.3, 0.4) is 0 Å². The maximum Gasteiger partial charge on any atom is 0.137 e. The van der Waals surface area contributed by atoms with Crippen molar-refractivity contribution in [2.24, 2.45) is 0 Å². The molecule has 246 valence electrons. The first-order valence-electron chi connectivity index (χ1n) is 15.7. The summed E-state index contributed by atoms with van der Waals surface area (Å²) in [6, 6.07) is 20.0. The zero-order valence-corrected chi connectivity index (χ0v) is 27.3. The van der Waals surface area contributed by atoms with E-state index in [4.69, 9.17) is 28.4 Å². The summed E-state index contributed by atoms with van der Waals surface area (Å²) in [5.41, 5.74) is 3.18. The lowest BCUT2D eigenvalue weighted by molar-refractivity contribution is -0.268. The minimum absolute atomic E-state index is 0.00918. The van der Waals surface area contributed by atoms with Gasteiger partial charge in [0.1, 0.15) is 23.3 Å². The van der Waals surface area contributed by atoms with Crippen LogP contribution in [0.2, 0.25) is 0 Å². The van der Waals surface area contributed by atoms with Gasteiger partial charge in [0.15, 0.2) is 0 Å². The molecule has 0 saturated carbocycles. The molecule has 1 amide bonds. The Hall–Kier alpha value is -3.83. The Balaban J connectivity index is 1.23. The number of amides is 1. The third kappa shape index (κ3) is 9.13. The van der Waals surface area contributed by atoms with Crippen LogP contribution < -0.4 is 19.3 Å². The molecular weight excluding hydrogens is 606 g/mol. The van der Waals surface area contributed by atoms with E-state index in [9.17, 15) is 9.90 Å². The maximum atomic E-state index is 11.8. The molecule has 1 saturated heterocycles. The van der Waals surface area contributed by atoms with E-state index in [1.54, 1.807) is 25.6 Å². The van der Waals surface area contributed by atoms with Gasteiger partial charge in [-0.1, -0.05) is 24.3 Å². The second-order valence-corrected chi connectivity index (χ2v) is 12.0. The number of hydrogen-bond acceptors (Lipinski definition) is 9. The van der Waals surface area contributed by atoms with Gasteiger partial charge in [0.05, 0.1) is 46.2 Å². The van der Waals surface area contributed by atoms with Crippen molar-refractivity contribution in [3.63, 3.8) is 0 Å². The van der Waals surface area contributed by atoms with Gasteiger partial charge in [-0.2, -0.15) is 11.3 Å². The summed E-state index contributed by atoms with van der Waals surface area (Å²) < 4.78 is 35.1. The number of rotatable bonds is 17. The second-order valence-electron chi connectivity index (χ2n) is 11.3. The van der Waals surface area contributed by atoms with Crippen LogP contribution in [0.1, 0.15) is 41.9 Å². The van der Waals surface area contributed by atoms with Gasteiger partial charge in [0.2, 0.25) is 0 Å². The Morgan fingerprint density at radius 3 is 2.48 bits per heavy atom. The highest BCUT2D eigenvalue weighted by atomic mass is 32.1. The number of likely N-dealkylation sites (tertiary alicyclic amines) is 1. The number of carboxylic acid groups (broad SMARTS) is 1. The van der Waals surface area contributed by atoms with E-state index >= 15 is 0 Å². The number of fused-ring (bicyclic) bond motifs is 1. The predicted molar refractivity (Wildman–Crippen MR) is 176 cm³/mol. The molecule has 2 unspecified atom stereocenters. The minimum Gasteiger partial charge on any atom is -0.530 e. The smallest absolute Gasteiger partial charge is 0.137 e. The van der Waals surface area contributed by atoms with Crippen molar-refractivity contribution in [1.29, 1.82) is 0 Å². The average molecular weight is 649 g/mol. The van der Waals surface area contributed by atoms with Crippen LogP contribution in [0.4, 0.5) is 4.79 Å². The molecule has 5 rings (SSSR count). The van der Waals surface area contributed by atoms with Gasteiger partial charge in [0, 0.05) is 56.3 Å². The normalized spacial score (nSPS) is 16.4. The van der Waals surface area contributed by atoms with Gasteiger partial charge in [-0.05, 0) is 70.3 Å². The molecule has 1 fully saturated rings. The van der Waals surface area contributed by atoms with E-state index in [-0.39, 0.29) is 25.2 Å². The lowest BCUT2D eigenvalue weighted by atomic mass is 9.87. The summed E-state index contributed by atoms with van der Waals surface area (Å²) in [7, 11) is 3.32. The molecule has 1 aliphatic heterocycles. The Kier molecular flexibility index (Phi) is 12.5. The molecule has 2 heterocycles. The molecule has 9 nitrogen and oxygen atoms in total. The van der Waals surface area contributed by atoms with Gasteiger partial charge in [-0.15, -0.1) is 0 Å². The second kappa shape index (κ2) is 17.2. The molecule has 46 heavy (non-hydrogen) atoms. The Bertz CT molecular complexity index is 1510. The summed E-state index contributed by atoms with van der Waals surface area (Å²) in [5.74, 6) is 2.28. The largest absolute Gasteiger partial charge is 0.530 e. The highest BCUT2D eigenvalue weighted by molar-refractivity contribution is 7.07. The fraction of sp³-hybridized carbons (Fsp3) is 0.417. The van der Waals surface area contributed by atoms with Gasteiger partial charge < -0.3 is 43.2 Å². The minimum atomic E-state index is -1.18.